The fraction of sp³-hybridized carbons (Fsp3) is 0.484. The summed E-state index contributed by atoms with van der Waals surface area (Å²) in [7, 11) is 1.30. The van der Waals surface area contributed by atoms with Crippen LogP contribution in [0.2, 0.25) is 0 Å². The van der Waals surface area contributed by atoms with Crippen molar-refractivity contribution >= 4 is 18.1 Å². The normalized spacial score (nSPS) is 22.8. The SMILES string of the molecule is COC(=O)NC(C(=O)N1C(c2ncc(CC/C=C/c3ccc(-c4cnc(C)[nH]4)cc3)[nH]2)CC2(N)CCCC12)C(C)C. The number of imidazole rings is 2. The molecule has 2 fully saturated rings. The van der Waals surface area contributed by atoms with Crippen LogP contribution in [0.25, 0.3) is 17.3 Å². The lowest BCUT2D eigenvalue weighted by Gasteiger charge is -2.34. The van der Waals surface area contributed by atoms with Gasteiger partial charge in [-0.05, 0) is 62.5 Å². The number of benzene rings is 1. The van der Waals surface area contributed by atoms with Crippen molar-refractivity contribution in [3.05, 3.63) is 65.6 Å². The summed E-state index contributed by atoms with van der Waals surface area (Å²) >= 11 is 0. The predicted octanol–water partition coefficient (Wildman–Crippen LogP) is 4.66. The van der Waals surface area contributed by atoms with Crippen molar-refractivity contribution in [2.45, 2.75) is 83.0 Å². The fourth-order valence-corrected chi connectivity index (χ4v) is 6.28. The zero-order chi connectivity index (χ0) is 29.1. The third-order valence-electron chi connectivity index (χ3n) is 8.45. The first-order valence-corrected chi connectivity index (χ1v) is 14.5. The number of hydrogen-bond acceptors (Lipinski definition) is 6. The van der Waals surface area contributed by atoms with Crippen molar-refractivity contribution < 1.29 is 14.3 Å². The molecule has 3 aromatic rings. The first kappa shape index (κ1) is 28.6. The van der Waals surface area contributed by atoms with Gasteiger partial charge in [-0.3, -0.25) is 4.79 Å². The molecule has 2 amide bonds. The molecule has 41 heavy (non-hydrogen) atoms. The van der Waals surface area contributed by atoms with Gasteiger partial charge < -0.3 is 30.7 Å². The van der Waals surface area contributed by atoms with E-state index in [0.29, 0.717) is 6.42 Å². The first-order valence-electron chi connectivity index (χ1n) is 14.5. The average Bonchev–Trinajstić information content (AvgIpc) is 3.73. The zero-order valence-corrected chi connectivity index (χ0v) is 24.3. The highest BCUT2D eigenvalue weighted by Gasteiger charge is 2.56. The van der Waals surface area contributed by atoms with Crippen molar-refractivity contribution in [2.24, 2.45) is 11.7 Å². The molecule has 1 aromatic carbocycles. The molecule has 10 heteroatoms. The molecule has 5 N–H and O–H groups in total. The van der Waals surface area contributed by atoms with E-state index in [-0.39, 0.29) is 23.9 Å². The van der Waals surface area contributed by atoms with E-state index >= 15 is 0 Å². The van der Waals surface area contributed by atoms with Gasteiger partial charge in [-0.15, -0.1) is 0 Å². The number of ether oxygens (including phenoxy) is 1. The summed E-state index contributed by atoms with van der Waals surface area (Å²) in [4.78, 5) is 43.5. The van der Waals surface area contributed by atoms with Gasteiger partial charge in [-0.2, -0.15) is 0 Å². The zero-order valence-electron chi connectivity index (χ0n) is 24.3. The molecule has 2 aromatic heterocycles. The van der Waals surface area contributed by atoms with E-state index in [1.165, 1.54) is 7.11 Å². The number of aromatic nitrogens is 4. The lowest BCUT2D eigenvalue weighted by molar-refractivity contribution is -0.138. The summed E-state index contributed by atoms with van der Waals surface area (Å²) < 4.78 is 4.79. The third kappa shape index (κ3) is 6.07. The summed E-state index contributed by atoms with van der Waals surface area (Å²) in [5, 5.41) is 2.74. The number of nitrogens with one attached hydrogen (secondary N) is 3. The van der Waals surface area contributed by atoms with E-state index in [4.69, 9.17) is 15.5 Å². The highest BCUT2D eigenvalue weighted by molar-refractivity contribution is 5.87. The number of carbonyl (C=O) groups is 2. The van der Waals surface area contributed by atoms with Crippen LogP contribution in [0.4, 0.5) is 4.79 Å². The van der Waals surface area contributed by atoms with Crippen LogP contribution in [0, 0.1) is 12.8 Å². The number of amides is 2. The van der Waals surface area contributed by atoms with Crippen LogP contribution in [0.1, 0.15) is 74.9 Å². The number of hydrogen-bond donors (Lipinski definition) is 4. The smallest absolute Gasteiger partial charge is 0.407 e. The molecule has 4 atom stereocenters. The van der Waals surface area contributed by atoms with Gasteiger partial charge in [-0.1, -0.05) is 50.3 Å². The van der Waals surface area contributed by atoms with Crippen LogP contribution in [0.15, 0.2) is 42.7 Å². The minimum absolute atomic E-state index is 0.0825. The Morgan fingerprint density at radius 3 is 2.68 bits per heavy atom. The van der Waals surface area contributed by atoms with E-state index in [1.807, 2.05) is 38.1 Å². The van der Waals surface area contributed by atoms with E-state index in [0.717, 1.165) is 66.3 Å². The summed E-state index contributed by atoms with van der Waals surface area (Å²) in [6.07, 6.45) is 12.4. The number of H-pyrrole nitrogens is 2. The molecule has 1 aliphatic carbocycles. The second-order valence-corrected chi connectivity index (χ2v) is 11.7. The van der Waals surface area contributed by atoms with Crippen LogP contribution < -0.4 is 11.1 Å². The highest BCUT2D eigenvalue weighted by atomic mass is 16.5. The minimum atomic E-state index is -0.704. The molecule has 2 aliphatic rings. The van der Waals surface area contributed by atoms with Crippen molar-refractivity contribution in [3.63, 3.8) is 0 Å². The molecule has 0 spiro atoms. The average molecular weight is 560 g/mol. The number of nitrogens with zero attached hydrogens (tertiary/aromatic N) is 3. The Bertz CT molecular complexity index is 1390. The van der Waals surface area contributed by atoms with Gasteiger partial charge in [0.05, 0.1) is 31.1 Å². The Morgan fingerprint density at radius 1 is 1.22 bits per heavy atom. The predicted molar refractivity (Wildman–Crippen MR) is 158 cm³/mol. The fourth-order valence-electron chi connectivity index (χ4n) is 6.28. The van der Waals surface area contributed by atoms with E-state index < -0.39 is 17.7 Å². The number of methoxy groups -OCH3 is 1. The van der Waals surface area contributed by atoms with Gasteiger partial charge in [0.25, 0.3) is 0 Å². The first-order chi connectivity index (χ1) is 19.7. The van der Waals surface area contributed by atoms with Gasteiger partial charge in [0.15, 0.2) is 0 Å². The minimum Gasteiger partial charge on any atom is -0.453 e. The standard InChI is InChI=1S/C31H41N7O3/c1-19(2)27(37-30(40)41-4)29(39)38-25(16-31(32)15-7-10-26(31)38)28-34-17-23(36-28)9-6-5-8-21-11-13-22(14-12-21)24-18-33-20(3)35-24/h5,8,11-14,17-19,25-27H,6-7,9-10,15-16,32H2,1-4H3,(H,33,35)(H,34,36)(H,37,40)/b8-5+. The number of nitrogens with two attached hydrogens (primary N) is 1. The molecule has 5 rings (SSSR count). The summed E-state index contributed by atoms with van der Waals surface area (Å²) in [6, 6.07) is 7.33. The number of likely N-dealkylation sites (tertiary alicyclic amines) is 1. The number of aromatic amines is 2. The Balaban J connectivity index is 1.25. The number of fused-ring (bicyclic) bond motifs is 1. The molecule has 218 valence electrons. The number of aryl methyl sites for hydroxylation is 2. The molecule has 0 bridgehead atoms. The van der Waals surface area contributed by atoms with Gasteiger partial charge >= 0.3 is 6.09 Å². The molecule has 3 heterocycles. The molecule has 0 radical (unpaired) electrons. The second-order valence-electron chi connectivity index (χ2n) is 11.7. The van der Waals surface area contributed by atoms with Crippen LogP contribution >= 0.6 is 0 Å². The maximum atomic E-state index is 13.9. The molecular formula is C31H41N7O3. The molecular weight excluding hydrogens is 518 g/mol. The molecule has 1 saturated carbocycles. The van der Waals surface area contributed by atoms with Crippen molar-refractivity contribution in [1.82, 2.24) is 30.2 Å². The summed E-state index contributed by atoms with van der Waals surface area (Å²) in [6.45, 7) is 5.78. The quantitative estimate of drug-likeness (QED) is 0.300. The number of carbonyl (C=O) groups excluding carboxylic acids is 2. The Labute approximate surface area is 241 Å². The van der Waals surface area contributed by atoms with Crippen LogP contribution in [0.3, 0.4) is 0 Å². The van der Waals surface area contributed by atoms with E-state index in [2.05, 4.69) is 56.7 Å². The lowest BCUT2D eigenvalue weighted by Crippen LogP contribution is -2.56. The molecule has 4 unspecified atom stereocenters. The lowest BCUT2D eigenvalue weighted by atomic mass is 9.92. The summed E-state index contributed by atoms with van der Waals surface area (Å²) in [5.74, 6) is 1.41. The van der Waals surface area contributed by atoms with Crippen LogP contribution in [-0.4, -0.2) is 61.6 Å². The maximum absolute atomic E-state index is 13.9. The third-order valence-corrected chi connectivity index (χ3v) is 8.45. The molecule has 1 aliphatic heterocycles. The highest BCUT2D eigenvalue weighted by Crippen LogP contribution is 2.48. The topological polar surface area (TPSA) is 142 Å². The second kappa shape index (κ2) is 11.9. The molecule has 1 saturated heterocycles. The van der Waals surface area contributed by atoms with Gasteiger partial charge in [0.1, 0.15) is 17.7 Å². The maximum Gasteiger partial charge on any atom is 0.407 e. The monoisotopic (exact) mass is 559 g/mol. The van der Waals surface area contributed by atoms with Crippen LogP contribution in [0.5, 0.6) is 0 Å². The van der Waals surface area contributed by atoms with Crippen LogP contribution in [-0.2, 0) is 16.0 Å². The van der Waals surface area contributed by atoms with Gasteiger partial charge in [0, 0.05) is 17.4 Å². The number of alkyl carbamates (subject to hydrolysis) is 1. The summed E-state index contributed by atoms with van der Waals surface area (Å²) in [5.41, 5.74) is 10.7. The van der Waals surface area contributed by atoms with Crippen molar-refractivity contribution in [2.75, 3.05) is 7.11 Å². The number of rotatable bonds is 9. The Kier molecular flexibility index (Phi) is 8.30. The van der Waals surface area contributed by atoms with Gasteiger partial charge in [0.2, 0.25) is 5.91 Å². The van der Waals surface area contributed by atoms with Crippen molar-refractivity contribution in [3.8, 4) is 11.3 Å². The van der Waals surface area contributed by atoms with E-state index in [9.17, 15) is 9.59 Å². The largest absolute Gasteiger partial charge is 0.453 e. The Hall–Kier alpha value is -3.92. The van der Waals surface area contributed by atoms with Crippen molar-refractivity contribution in [1.29, 1.82) is 0 Å². The number of allylic oxidation sites excluding steroid dienone is 1. The van der Waals surface area contributed by atoms with E-state index in [1.54, 1.807) is 0 Å². The Morgan fingerprint density at radius 2 is 2.00 bits per heavy atom. The molecule has 10 nitrogen and oxygen atoms in total. The van der Waals surface area contributed by atoms with Gasteiger partial charge in [-0.25, -0.2) is 14.8 Å².